The van der Waals surface area contributed by atoms with Gasteiger partial charge in [-0.3, -0.25) is 19.6 Å². The number of methoxy groups -OCH3 is 1. The molecule has 0 radical (unpaired) electrons. The fourth-order valence-corrected chi connectivity index (χ4v) is 2.88. The van der Waals surface area contributed by atoms with Crippen LogP contribution in [0.1, 0.15) is 21.5 Å². The predicted molar refractivity (Wildman–Crippen MR) is 106 cm³/mol. The lowest BCUT2D eigenvalue weighted by atomic mass is 10.1. The van der Waals surface area contributed by atoms with Gasteiger partial charge in [-0.25, -0.2) is 0 Å². The van der Waals surface area contributed by atoms with Crippen molar-refractivity contribution < 1.29 is 14.5 Å². The number of benzene rings is 2. The fraction of sp³-hybridized carbons (Fsp3) is 0.100. The number of ether oxygens (including phenoxy) is 1. The smallest absolute Gasteiger partial charge is 0.280 e. The lowest BCUT2D eigenvalue weighted by Gasteiger charge is -2.09. The summed E-state index contributed by atoms with van der Waals surface area (Å²) in [5, 5.41) is 15.8. The Morgan fingerprint density at radius 1 is 1.32 bits per heavy atom. The number of nitro benzene ring substituents is 1. The molecule has 0 fully saturated rings. The van der Waals surface area contributed by atoms with Crippen LogP contribution in [0.25, 0.3) is 6.08 Å². The summed E-state index contributed by atoms with van der Waals surface area (Å²) in [6.07, 6.45) is 6.17. The van der Waals surface area contributed by atoms with Crippen molar-refractivity contribution in [3.63, 3.8) is 0 Å². The van der Waals surface area contributed by atoms with E-state index in [1.807, 2.05) is 6.07 Å². The summed E-state index contributed by atoms with van der Waals surface area (Å²) in [6, 6.07) is 11.3. The minimum atomic E-state index is -0.568. The number of carbonyl (C=O) groups excluding carboxylic acids is 1. The topological polar surface area (TPSA) is 87.3 Å². The average Bonchev–Trinajstić information content (AvgIpc) is 3.10. The molecule has 0 unspecified atom stereocenters. The molecule has 0 saturated heterocycles. The highest BCUT2D eigenvalue weighted by Gasteiger charge is 2.17. The highest BCUT2D eigenvalue weighted by molar-refractivity contribution is 6.30. The van der Waals surface area contributed by atoms with Crippen molar-refractivity contribution in [2.45, 2.75) is 6.54 Å². The molecule has 0 atom stereocenters. The minimum Gasteiger partial charge on any atom is -0.496 e. The van der Waals surface area contributed by atoms with Gasteiger partial charge in [0, 0.05) is 17.8 Å². The molecule has 0 amide bonds. The van der Waals surface area contributed by atoms with E-state index in [0.29, 0.717) is 17.3 Å². The molecule has 3 aromatic rings. The van der Waals surface area contributed by atoms with Gasteiger partial charge in [0.05, 0.1) is 35.4 Å². The number of rotatable bonds is 7. The first-order chi connectivity index (χ1) is 13.5. The molecule has 1 heterocycles. The van der Waals surface area contributed by atoms with Gasteiger partial charge in [-0.05, 0) is 29.8 Å². The minimum absolute atomic E-state index is 0.0451. The molecular formula is C20H16ClN3O4. The zero-order chi connectivity index (χ0) is 20.1. The molecule has 0 N–H and O–H groups in total. The SMILES string of the molecule is COc1ccc(/C=C/C(=O)c2ccccc2[N+](=O)[O-])cc1Cn1cc(Cl)cn1. The van der Waals surface area contributed by atoms with Gasteiger partial charge in [-0.15, -0.1) is 0 Å². The Kier molecular flexibility index (Phi) is 5.86. The highest BCUT2D eigenvalue weighted by Crippen LogP contribution is 2.23. The molecule has 0 spiro atoms. The molecule has 0 bridgehead atoms. The van der Waals surface area contributed by atoms with Crippen LogP contribution in [0.3, 0.4) is 0 Å². The Bertz CT molecular complexity index is 1060. The summed E-state index contributed by atoms with van der Waals surface area (Å²) in [6.45, 7) is 0.440. The maximum atomic E-state index is 12.4. The summed E-state index contributed by atoms with van der Waals surface area (Å²) in [5.74, 6) is 0.234. The first kappa shape index (κ1) is 19.3. The summed E-state index contributed by atoms with van der Waals surface area (Å²) < 4.78 is 7.05. The van der Waals surface area contributed by atoms with E-state index < -0.39 is 10.7 Å². The maximum Gasteiger partial charge on any atom is 0.280 e. The second kappa shape index (κ2) is 8.49. The second-order valence-electron chi connectivity index (χ2n) is 5.90. The molecule has 3 rings (SSSR count). The van der Waals surface area contributed by atoms with Crippen LogP contribution in [0.5, 0.6) is 5.75 Å². The number of para-hydroxylation sites is 1. The molecule has 7 nitrogen and oxygen atoms in total. The standard InChI is InChI=1S/C20H16ClN3O4/c1-28-20-9-7-14(10-15(20)12-23-13-16(21)11-22-23)6-8-19(25)17-4-2-3-5-18(17)24(26)27/h2-11,13H,12H2,1H3/b8-6+. The quantitative estimate of drug-likeness (QED) is 0.255. The monoisotopic (exact) mass is 397 g/mol. The van der Waals surface area contributed by atoms with Crippen molar-refractivity contribution in [1.82, 2.24) is 9.78 Å². The van der Waals surface area contributed by atoms with Gasteiger partial charge in [0.25, 0.3) is 5.69 Å². The molecule has 142 valence electrons. The first-order valence-electron chi connectivity index (χ1n) is 8.28. The zero-order valence-electron chi connectivity index (χ0n) is 14.9. The van der Waals surface area contributed by atoms with Crippen molar-refractivity contribution in [2.75, 3.05) is 7.11 Å². The Balaban J connectivity index is 1.85. The number of nitrogens with zero attached hydrogens (tertiary/aromatic N) is 3. The lowest BCUT2D eigenvalue weighted by Crippen LogP contribution is -2.03. The van der Waals surface area contributed by atoms with Gasteiger partial charge in [0.1, 0.15) is 5.75 Å². The third-order valence-electron chi connectivity index (χ3n) is 4.03. The average molecular weight is 398 g/mol. The van der Waals surface area contributed by atoms with Crippen molar-refractivity contribution in [3.05, 3.63) is 92.8 Å². The number of ketones is 1. The number of aromatic nitrogens is 2. The zero-order valence-corrected chi connectivity index (χ0v) is 15.7. The molecule has 8 heteroatoms. The molecule has 1 aromatic heterocycles. The number of carbonyl (C=O) groups is 1. The van der Waals surface area contributed by atoms with Crippen LogP contribution in [-0.2, 0) is 6.54 Å². The molecular weight excluding hydrogens is 382 g/mol. The predicted octanol–water partition coefficient (Wildman–Crippen LogP) is 4.40. The van der Waals surface area contributed by atoms with E-state index in [2.05, 4.69) is 5.10 Å². The Morgan fingerprint density at radius 2 is 2.11 bits per heavy atom. The Labute approximate surface area is 166 Å². The van der Waals surface area contributed by atoms with E-state index in [0.717, 1.165) is 11.1 Å². The Morgan fingerprint density at radius 3 is 2.79 bits per heavy atom. The van der Waals surface area contributed by atoms with Gasteiger partial charge in [0.2, 0.25) is 0 Å². The van der Waals surface area contributed by atoms with Crippen molar-refractivity contribution >= 4 is 29.1 Å². The van der Waals surface area contributed by atoms with Crippen LogP contribution in [-0.4, -0.2) is 27.6 Å². The largest absolute Gasteiger partial charge is 0.496 e. The third-order valence-corrected chi connectivity index (χ3v) is 4.23. The number of halogens is 1. The van der Waals surface area contributed by atoms with E-state index in [1.54, 1.807) is 48.5 Å². The van der Waals surface area contributed by atoms with Crippen LogP contribution in [0.15, 0.2) is 60.9 Å². The molecule has 0 aliphatic carbocycles. The first-order valence-corrected chi connectivity index (χ1v) is 8.66. The number of nitro groups is 1. The number of hydrogen-bond donors (Lipinski definition) is 0. The summed E-state index contributed by atoms with van der Waals surface area (Å²) >= 11 is 5.90. The van der Waals surface area contributed by atoms with Crippen LogP contribution in [0, 0.1) is 10.1 Å². The Hall–Kier alpha value is -3.45. The van der Waals surface area contributed by atoms with E-state index in [1.165, 1.54) is 24.3 Å². The van der Waals surface area contributed by atoms with E-state index in [-0.39, 0.29) is 11.3 Å². The van der Waals surface area contributed by atoms with Crippen LogP contribution < -0.4 is 4.74 Å². The van der Waals surface area contributed by atoms with Crippen molar-refractivity contribution in [3.8, 4) is 5.75 Å². The maximum absolute atomic E-state index is 12.4. The summed E-state index contributed by atoms with van der Waals surface area (Å²) in [5.41, 5.74) is 1.43. The van der Waals surface area contributed by atoms with E-state index in [4.69, 9.17) is 16.3 Å². The van der Waals surface area contributed by atoms with Crippen molar-refractivity contribution in [2.24, 2.45) is 0 Å². The van der Waals surface area contributed by atoms with Gasteiger partial charge in [-0.2, -0.15) is 5.10 Å². The molecule has 0 aliphatic rings. The van der Waals surface area contributed by atoms with Crippen LogP contribution in [0.4, 0.5) is 5.69 Å². The third kappa shape index (κ3) is 4.44. The van der Waals surface area contributed by atoms with Gasteiger partial charge < -0.3 is 4.74 Å². The van der Waals surface area contributed by atoms with Gasteiger partial charge in [-0.1, -0.05) is 35.9 Å². The molecule has 28 heavy (non-hydrogen) atoms. The van der Waals surface area contributed by atoms with Crippen molar-refractivity contribution in [1.29, 1.82) is 0 Å². The lowest BCUT2D eigenvalue weighted by molar-refractivity contribution is -0.385. The number of hydrogen-bond acceptors (Lipinski definition) is 5. The number of allylic oxidation sites excluding steroid dienone is 1. The fourth-order valence-electron chi connectivity index (χ4n) is 2.73. The van der Waals surface area contributed by atoms with Crippen LogP contribution in [0.2, 0.25) is 5.02 Å². The molecule has 0 aliphatic heterocycles. The summed E-state index contributed by atoms with van der Waals surface area (Å²) in [7, 11) is 1.57. The highest BCUT2D eigenvalue weighted by atomic mass is 35.5. The van der Waals surface area contributed by atoms with Gasteiger partial charge in [0.15, 0.2) is 5.78 Å². The van der Waals surface area contributed by atoms with Crippen LogP contribution >= 0.6 is 11.6 Å². The molecule has 2 aromatic carbocycles. The second-order valence-corrected chi connectivity index (χ2v) is 6.34. The molecule has 0 saturated carbocycles. The van der Waals surface area contributed by atoms with E-state index >= 15 is 0 Å². The normalized spacial score (nSPS) is 10.9. The van der Waals surface area contributed by atoms with E-state index in [9.17, 15) is 14.9 Å². The van der Waals surface area contributed by atoms with Gasteiger partial charge >= 0.3 is 0 Å². The summed E-state index contributed by atoms with van der Waals surface area (Å²) in [4.78, 5) is 22.9.